The maximum absolute atomic E-state index is 12.3. The molecule has 1 aromatic carbocycles. The van der Waals surface area contributed by atoms with Gasteiger partial charge in [-0.15, -0.1) is 0 Å². The van der Waals surface area contributed by atoms with Crippen molar-refractivity contribution in [2.75, 3.05) is 20.2 Å². The van der Waals surface area contributed by atoms with Gasteiger partial charge in [-0.05, 0) is 24.3 Å². The van der Waals surface area contributed by atoms with Crippen molar-refractivity contribution in [3.05, 3.63) is 48.0 Å². The second kappa shape index (κ2) is 5.97. The lowest BCUT2D eigenvalue weighted by Crippen LogP contribution is -2.51. The third kappa shape index (κ3) is 2.83. The number of nitrogens with zero attached hydrogens (tertiary/aromatic N) is 4. The molecule has 7 heteroatoms. The van der Waals surface area contributed by atoms with Crippen LogP contribution in [0.2, 0.25) is 0 Å². The first kappa shape index (κ1) is 14.2. The number of methoxy groups -OCH3 is 1. The monoisotopic (exact) mass is 300 g/mol. The SMILES string of the molecule is COC(=O)c1ccc(C(=O)N2CC(Cn3cncn3)C2)cc1. The van der Waals surface area contributed by atoms with Crippen LogP contribution in [-0.2, 0) is 11.3 Å². The molecule has 2 aromatic rings. The normalized spacial score (nSPS) is 14.5. The number of likely N-dealkylation sites (tertiary alicyclic amines) is 1. The molecule has 1 fully saturated rings. The molecule has 22 heavy (non-hydrogen) atoms. The highest BCUT2D eigenvalue weighted by Gasteiger charge is 2.31. The van der Waals surface area contributed by atoms with Gasteiger partial charge in [0.15, 0.2) is 0 Å². The lowest BCUT2D eigenvalue weighted by atomic mass is 9.98. The van der Waals surface area contributed by atoms with Crippen molar-refractivity contribution in [1.82, 2.24) is 19.7 Å². The minimum absolute atomic E-state index is 0.0220. The molecule has 7 nitrogen and oxygen atoms in total. The number of carbonyl (C=O) groups excluding carboxylic acids is 2. The first-order valence-corrected chi connectivity index (χ1v) is 6.97. The Labute approximate surface area is 127 Å². The molecular formula is C15H16N4O3. The Hall–Kier alpha value is -2.70. The fraction of sp³-hybridized carbons (Fsp3) is 0.333. The fourth-order valence-corrected chi connectivity index (χ4v) is 2.49. The predicted molar refractivity (Wildman–Crippen MR) is 77.2 cm³/mol. The molecule has 1 aliphatic rings. The first-order chi connectivity index (χ1) is 10.7. The van der Waals surface area contributed by atoms with Crippen molar-refractivity contribution < 1.29 is 14.3 Å². The van der Waals surface area contributed by atoms with Gasteiger partial charge in [0.1, 0.15) is 12.7 Å². The van der Waals surface area contributed by atoms with Gasteiger partial charge >= 0.3 is 5.97 Å². The van der Waals surface area contributed by atoms with Gasteiger partial charge in [-0.2, -0.15) is 5.10 Å². The van der Waals surface area contributed by atoms with Crippen LogP contribution >= 0.6 is 0 Å². The summed E-state index contributed by atoms with van der Waals surface area (Å²) < 4.78 is 6.41. The van der Waals surface area contributed by atoms with Crippen LogP contribution in [0.25, 0.3) is 0 Å². The molecule has 0 N–H and O–H groups in total. The molecule has 3 rings (SSSR count). The number of rotatable bonds is 4. The summed E-state index contributed by atoms with van der Waals surface area (Å²) in [6.45, 7) is 2.18. The van der Waals surface area contributed by atoms with E-state index < -0.39 is 5.97 Å². The summed E-state index contributed by atoms with van der Waals surface area (Å²) in [4.78, 5) is 29.3. The van der Waals surface area contributed by atoms with Crippen LogP contribution in [0.3, 0.4) is 0 Å². The number of aromatic nitrogens is 3. The summed E-state index contributed by atoms with van der Waals surface area (Å²) in [5, 5.41) is 4.06. The summed E-state index contributed by atoms with van der Waals surface area (Å²) in [5.74, 6) is -0.0258. The summed E-state index contributed by atoms with van der Waals surface area (Å²) in [6, 6.07) is 6.51. The molecule has 1 amide bonds. The molecule has 2 heterocycles. The third-order valence-electron chi connectivity index (χ3n) is 3.71. The van der Waals surface area contributed by atoms with Crippen molar-refractivity contribution in [3.8, 4) is 0 Å². The van der Waals surface area contributed by atoms with E-state index in [1.54, 1.807) is 40.2 Å². The number of hydrogen-bond donors (Lipinski definition) is 0. The summed E-state index contributed by atoms with van der Waals surface area (Å²) in [5.41, 5.74) is 1.01. The van der Waals surface area contributed by atoms with E-state index in [4.69, 9.17) is 0 Å². The fourth-order valence-electron chi connectivity index (χ4n) is 2.49. The van der Waals surface area contributed by atoms with Crippen molar-refractivity contribution in [3.63, 3.8) is 0 Å². The van der Waals surface area contributed by atoms with Gasteiger partial charge in [-0.3, -0.25) is 9.48 Å². The summed E-state index contributed by atoms with van der Waals surface area (Å²) in [6.07, 6.45) is 3.18. The van der Waals surface area contributed by atoms with E-state index in [0.717, 1.165) is 6.54 Å². The van der Waals surface area contributed by atoms with E-state index in [2.05, 4.69) is 14.8 Å². The highest BCUT2D eigenvalue weighted by molar-refractivity contribution is 5.96. The van der Waals surface area contributed by atoms with Crippen LogP contribution in [0.15, 0.2) is 36.9 Å². The van der Waals surface area contributed by atoms with Crippen molar-refractivity contribution in [1.29, 1.82) is 0 Å². The van der Waals surface area contributed by atoms with Crippen LogP contribution in [0.5, 0.6) is 0 Å². The molecule has 1 saturated heterocycles. The van der Waals surface area contributed by atoms with Gasteiger partial charge in [0.05, 0.1) is 12.7 Å². The second-order valence-electron chi connectivity index (χ2n) is 5.26. The molecule has 0 unspecified atom stereocenters. The zero-order valence-corrected chi connectivity index (χ0v) is 12.2. The molecule has 0 spiro atoms. The lowest BCUT2D eigenvalue weighted by molar-refractivity contribution is 0.0460. The van der Waals surface area contributed by atoms with Crippen LogP contribution < -0.4 is 0 Å². The van der Waals surface area contributed by atoms with Gasteiger partial charge in [-0.1, -0.05) is 0 Å². The van der Waals surface area contributed by atoms with E-state index in [9.17, 15) is 9.59 Å². The molecule has 0 bridgehead atoms. The van der Waals surface area contributed by atoms with Crippen molar-refractivity contribution in [2.24, 2.45) is 5.92 Å². The van der Waals surface area contributed by atoms with Gasteiger partial charge in [0.25, 0.3) is 5.91 Å². The molecule has 1 aliphatic heterocycles. The quantitative estimate of drug-likeness (QED) is 0.782. The number of ether oxygens (including phenoxy) is 1. The molecule has 0 saturated carbocycles. The van der Waals surface area contributed by atoms with Gasteiger partial charge in [0.2, 0.25) is 0 Å². The molecule has 0 radical (unpaired) electrons. The van der Waals surface area contributed by atoms with Crippen molar-refractivity contribution >= 4 is 11.9 Å². The van der Waals surface area contributed by atoms with E-state index in [0.29, 0.717) is 30.1 Å². The number of benzene rings is 1. The molecule has 0 atom stereocenters. The largest absolute Gasteiger partial charge is 0.465 e. The summed E-state index contributed by atoms with van der Waals surface area (Å²) >= 11 is 0. The first-order valence-electron chi connectivity index (χ1n) is 6.97. The Balaban J connectivity index is 1.55. The minimum atomic E-state index is -0.407. The topological polar surface area (TPSA) is 77.3 Å². The zero-order chi connectivity index (χ0) is 15.5. The Morgan fingerprint density at radius 3 is 2.50 bits per heavy atom. The Kier molecular flexibility index (Phi) is 3.86. The summed E-state index contributed by atoms with van der Waals surface area (Å²) in [7, 11) is 1.33. The van der Waals surface area contributed by atoms with E-state index >= 15 is 0 Å². The standard InChI is InChI=1S/C15H16N4O3/c1-22-15(21)13-4-2-12(3-5-13)14(20)18-6-11(7-18)8-19-10-16-9-17-19/h2-5,9-11H,6-8H2,1H3. The smallest absolute Gasteiger partial charge is 0.337 e. The predicted octanol–water partition coefficient (Wildman–Crippen LogP) is 0.837. The maximum Gasteiger partial charge on any atom is 0.337 e. The van der Waals surface area contributed by atoms with E-state index in [1.807, 2.05) is 0 Å². The van der Waals surface area contributed by atoms with Crippen LogP contribution in [0.1, 0.15) is 20.7 Å². The molecule has 0 aliphatic carbocycles. The number of amides is 1. The zero-order valence-electron chi connectivity index (χ0n) is 12.2. The third-order valence-corrected chi connectivity index (χ3v) is 3.71. The van der Waals surface area contributed by atoms with Gasteiger partial charge in [-0.25, -0.2) is 9.78 Å². The molecular weight excluding hydrogens is 284 g/mol. The number of carbonyl (C=O) groups is 2. The van der Waals surface area contributed by atoms with Gasteiger partial charge < -0.3 is 9.64 Å². The Bertz CT molecular complexity index is 661. The highest BCUT2D eigenvalue weighted by Crippen LogP contribution is 2.20. The average Bonchev–Trinajstić information content (AvgIpc) is 3.02. The second-order valence-corrected chi connectivity index (χ2v) is 5.26. The Morgan fingerprint density at radius 2 is 1.91 bits per heavy atom. The van der Waals surface area contributed by atoms with Crippen LogP contribution in [-0.4, -0.2) is 51.7 Å². The van der Waals surface area contributed by atoms with E-state index in [-0.39, 0.29) is 5.91 Å². The van der Waals surface area contributed by atoms with E-state index in [1.165, 1.54) is 13.4 Å². The minimum Gasteiger partial charge on any atom is -0.465 e. The molecule has 1 aromatic heterocycles. The molecule has 114 valence electrons. The lowest BCUT2D eigenvalue weighted by Gasteiger charge is -2.39. The van der Waals surface area contributed by atoms with Gasteiger partial charge in [0, 0.05) is 31.1 Å². The average molecular weight is 300 g/mol. The number of hydrogen-bond acceptors (Lipinski definition) is 5. The highest BCUT2D eigenvalue weighted by atomic mass is 16.5. The van der Waals surface area contributed by atoms with Crippen LogP contribution in [0, 0.1) is 5.92 Å². The van der Waals surface area contributed by atoms with Crippen molar-refractivity contribution in [2.45, 2.75) is 6.54 Å². The Morgan fingerprint density at radius 1 is 1.23 bits per heavy atom. The number of esters is 1. The van der Waals surface area contributed by atoms with Crippen LogP contribution in [0.4, 0.5) is 0 Å². The maximum atomic E-state index is 12.3.